The number of benzene rings is 1. The molecule has 0 radical (unpaired) electrons. The van der Waals surface area contributed by atoms with E-state index in [0.29, 0.717) is 13.0 Å². The molecule has 0 amide bonds. The van der Waals surface area contributed by atoms with Crippen LogP contribution >= 0.6 is 0 Å². The molecule has 21 heavy (non-hydrogen) atoms. The fraction of sp³-hybridized carbons (Fsp3) is 0.250. The van der Waals surface area contributed by atoms with Gasteiger partial charge in [0.1, 0.15) is 0 Å². The van der Waals surface area contributed by atoms with Gasteiger partial charge in [0.2, 0.25) is 5.91 Å². The van der Waals surface area contributed by atoms with E-state index >= 15 is 0 Å². The van der Waals surface area contributed by atoms with Crippen molar-refractivity contribution in [2.24, 2.45) is 5.73 Å². The summed E-state index contributed by atoms with van der Waals surface area (Å²) < 4.78 is 1.79. The van der Waals surface area contributed by atoms with Crippen LogP contribution in [-0.2, 0) is 12.8 Å². The van der Waals surface area contributed by atoms with Crippen LogP contribution in [0.1, 0.15) is 21.7 Å². The van der Waals surface area contributed by atoms with Crippen molar-refractivity contribution in [2.45, 2.75) is 19.8 Å². The first kappa shape index (κ1) is 13.6. The SMILES string of the molecule is Cc1c(CCN)c2ccccc2n1C(=O)Cc1ccn[nH]1. The average Bonchev–Trinajstić information content (AvgIpc) is 3.07. The maximum Gasteiger partial charge on any atom is 0.237 e. The lowest BCUT2D eigenvalue weighted by molar-refractivity contribution is 0.0916. The molecule has 0 atom stereocenters. The summed E-state index contributed by atoms with van der Waals surface area (Å²) in [6.07, 6.45) is 2.74. The number of carbonyl (C=O) groups excluding carboxylic acids is 1. The summed E-state index contributed by atoms with van der Waals surface area (Å²) in [4.78, 5) is 12.6. The van der Waals surface area contributed by atoms with Gasteiger partial charge in [-0.1, -0.05) is 18.2 Å². The highest BCUT2D eigenvalue weighted by Gasteiger charge is 2.18. The second-order valence-corrected chi connectivity index (χ2v) is 5.11. The Bertz CT molecular complexity index is 771. The normalized spacial score (nSPS) is 11.1. The van der Waals surface area contributed by atoms with Gasteiger partial charge in [-0.15, -0.1) is 0 Å². The minimum absolute atomic E-state index is 0.0382. The molecule has 1 aromatic carbocycles. The number of rotatable bonds is 4. The number of para-hydroxylation sites is 1. The molecule has 2 aromatic heterocycles. The van der Waals surface area contributed by atoms with Gasteiger partial charge in [-0.2, -0.15) is 5.10 Å². The first-order chi connectivity index (χ1) is 10.2. The highest BCUT2D eigenvalue weighted by Crippen LogP contribution is 2.26. The van der Waals surface area contributed by atoms with Gasteiger partial charge in [-0.3, -0.25) is 14.5 Å². The molecule has 3 rings (SSSR count). The standard InChI is InChI=1S/C16H18N4O/c1-11-13(6-8-17)14-4-2-3-5-15(14)20(11)16(21)10-12-7-9-18-19-12/h2-5,7,9H,6,8,10,17H2,1H3,(H,18,19). The lowest BCUT2D eigenvalue weighted by Crippen LogP contribution is -2.15. The molecule has 5 nitrogen and oxygen atoms in total. The van der Waals surface area contributed by atoms with E-state index in [0.717, 1.165) is 34.3 Å². The van der Waals surface area contributed by atoms with E-state index in [1.165, 1.54) is 0 Å². The molecule has 0 saturated heterocycles. The summed E-state index contributed by atoms with van der Waals surface area (Å²) in [5, 5.41) is 7.83. The third-order valence-corrected chi connectivity index (χ3v) is 3.79. The fourth-order valence-corrected chi connectivity index (χ4v) is 2.84. The molecule has 0 aliphatic rings. The van der Waals surface area contributed by atoms with E-state index in [9.17, 15) is 4.79 Å². The summed E-state index contributed by atoms with van der Waals surface area (Å²) in [5.41, 5.74) is 9.61. The number of aromatic amines is 1. The number of hydrogen-bond donors (Lipinski definition) is 2. The van der Waals surface area contributed by atoms with Crippen LogP contribution in [0.15, 0.2) is 36.5 Å². The quantitative estimate of drug-likeness (QED) is 0.769. The molecule has 0 aliphatic heterocycles. The van der Waals surface area contributed by atoms with Gasteiger partial charge >= 0.3 is 0 Å². The summed E-state index contributed by atoms with van der Waals surface area (Å²) in [6.45, 7) is 2.55. The Morgan fingerprint density at radius 3 is 2.86 bits per heavy atom. The lowest BCUT2D eigenvalue weighted by atomic mass is 10.1. The van der Waals surface area contributed by atoms with Crippen molar-refractivity contribution in [2.75, 3.05) is 6.54 Å². The third-order valence-electron chi connectivity index (χ3n) is 3.79. The van der Waals surface area contributed by atoms with Gasteiger partial charge in [-0.05, 0) is 37.6 Å². The minimum Gasteiger partial charge on any atom is -0.330 e. The molecule has 0 unspecified atom stereocenters. The number of nitrogens with two attached hydrogens (primary N) is 1. The van der Waals surface area contributed by atoms with E-state index in [2.05, 4.69) is 10.2 Å². The Kier molecular flexibility index (Phi) is 3.58. The Hall–Kier alpha value is -2.40. The van der Waals surface area contributed by atoms with Crippen molar-refractivity contribution in [3.63, 3.8) is 0 Å². The number of hydrogen-bond acceptors (Lipinski definition) is 3. The zero-order valence-electron chi connectivity index (χ0n) is 12.0. The maximum absolute atomic E-state index is 12.6. The maximum atomic E-state index is 12.6. The molecule has 0 bridgehead atoms. The van der Waals surface area contributed by atoms with Crippen LogP contribution in [0.4, 0.5) is 0 Å². The van der Waals surface area contributed by atoms with Crippen LogP contribution in [0.2, 0.25) is 0 Å². The zero-order valence-corrected chi connectivity index (χ0v) is 12.0. The number of carbonyl (C=O) groups is 1. The molecule has 5 heteroatoms. The Labute approximate surface area is 122 Å². The number of H-pyrrole nitrogens is 1. The van der Waals surface area contributed by atoms with E-state index in [1.54, 1.807) is 10.8 Å². The average molecular weight is 282 g/mol. The molecule has 0 aliphatic carbocycles. The van der Waals surface area contributed by atoms with Gasteiger partial charge < -0.3 is 5.73 Å². The molecular formula is C16H18N4O. The second-order valence-electron chi connectivity index (χ2n) is 5.11. The molecule has 0 fully saturated rings. The molecule has 3 aromatic rings. The van der Waals surface area contributed by atoms with Gasteiger partial charge in [0.15, 0.2) is 0 Å². The largest absolute Gasteiger partial charge is 0.330 e. The molecular weight excluding hydrogens is 264 g/mol. The van der Waals surface area contributed by atoms with Crippen molar-refractivity contribution in [1.29, 1.82) is 0 Å². The number of aromatic nitrogens is 3. The fourth-order valence-electron chi connectivity index (χ4n) is 2.84. The van der Waals surface area contributed by atoms with Gasteiger partial charge in [0.25, 0.3) is 0 Å². The van der Waals surface area contributed by atoms with Gasteiger partial charge in [-0.25, -0.2) is 0 Å². The Morgan fingerprint density at radius 1 is 1.33 bits per heavy atom. The van der Waals surface area contributed by atoms with Crippen molar-refractivity contribution < 1.29 is 4.79 Å². The van der Waals surface area contributed by atoms with Crippen LogP contribution in [-0.4, -0.2) is 27.2 Å². The first-order valence-corrected chi connectivity index (χ1v) is 7.03. The highest BCUT2D eigenvalue weighted by atomic mass is 16.2. The van der Waals surface area contributed by atoms with E-state index < -0.39 is 0 Å². The van der Waals surface area contributed by atoms with Crippen molar-refractivity contribution >= 4 is 16.8 Å². The number of fused-ring (bicyclic) bond motifs is 1. The smallest absolute Gasteiger partial charge is 0.237 e. The molecule has 2 heterocycles. The lowest BCUT2D eigenvalue weighted by Gasteiger charge is -2.06. The van der Waals surface area contributed by atoms with Crippen molar-refractivity contribution in [1.82, 2.24) is 14.8 Å². The van der Waals surface area contributed by atoms with Crippen molar-refractivity contribution in [3.8, 4) is 0 Å². The van der Waals surface area contributed by atoms with E-state index in [-0.39, 0.29) is 5.91 Å². The van der Waals surface area contributed by atoms with Gasteiger partial charge in [0.05, 0.1) is 11.9 Å². The number of nitrogens with one attached hydrogen (secondary N) is 1. The first-order valence-electron chi connectivity index (χ1n) is 7.03. The summed E-state index contributed by atoms with van der Waals surface area (Å²) in [5.74, 6) is 0.0382. The second kappa shape index (κ2) is 5.54. The summed E-state index contributed by atoms with van der Waals surface area (Å²) >= 11 is 0. The zero-order chi connectivity index (χ0) is 14.8. The van der Waals surface area contributed by atoms with E-state index in [1.807, 2.05) is 37.3 Å². The Morgan fingerprint density at radius 2 is 2.14 bits per heavy atom. The molecule has 3 N–H and O–H groups in total. The van der Waals surface area contributed by atoms with Crippen molar-refractivity contribution in [3.05, 3.63) is 53.5 Å². The highest BCUT2D eigenvalue weighted by molar-refractivity contribution is 5.96. The monoisotopic (exact) mass is 282 g/mol. The van der Waals surface area contributed by atoms with Crippen LogP contribution in [0.5, 0.6) is 0 Å². The Balaban J connectivity index is 2.09. The topological polar surface area (TPSA) is 76.7 Å². The van der Waals surface area contributed by atoms with Crippen LogP contribution < -0.4 is 5.73 Å². The predicted octanol–water partition coefficient (Wildman–Crippen LogP) is 2.06. The van der Waals surface area contributed by atoms with Crippen LogP contribution in [0, 0.1) is 6.92 Å². The minimum atomic E-state index is 0.0382. The predicted molar refractivity (Wildman–Crippen MR) is 82.4 cm³/mol. The third kappa shape index (κ3) is 2.36. The molecule has 108 valence electrons. The summed E-state index contributed by atoms with van der Waals surface area (Å²) in [7, 11) is 0. The van der Waals surface area contributed by atoms with E-state index in [4.69, 9.17) is 5.73 Å². The number of nitrogens with zero attached hydrogens (tertiary/aromatic N) is 2. The van der Waals surface area contributed by atoms with Crippen LogP contribution in [0.25, 0.3) is 10.9 Å². The molecule has 0 spiro atoms. The van der Waals surface area contributed by atoms with Gasteiger partial charge in [0, 0.05) is 23.0 Å². The summed E-state index contributed by atoms with van der Waals surface area (Å²) in [6, 6.07) is 9.79. The molecule has 0 saturated carbocycles. The van der Waals surface area contributed by atoms with Crippen LogP contribution in [0.3, 0.4) is 0 Å².